The van der Waals surface area contributed by atoms with Gasteiger partial charge in [-0.15, -0.1) is 6.58 Å². The first-order chi connectivity index (χ1) is 11.6. The van der Waals surface area contributed by atoms with Crippen molar-refractivity contribution in [3.8, 4) is 0 Å². The van der Waals surface area contributed by atoms with Crippen LogP contribution in [0, 0.1) is 0 Å². The van der Waals surface area contributed by atoms with Crippen LogP contribution in [0.2, 0.25) is 0 Å². The molecule has 0 saturated carbocycles. The molecule has 2 rings (SSSR count). The summed E-state index contributed by atoms with van der Waals surface area (Å²) in [4.78, 5) is 24.0. The van der Waals surface area contributed by atoms with E-state index in [-0.39, 0.29) is 18.0 Å². The maximum absolute atomic E-state index is 12.0. The van der Waals surface area contributed by atoms with Crippen LogP contribution in [0.15, 0.2) is 59.9 Å². The normalized spacial score (nSPS) is 11.4. The minimum atomic E-state index is -0.290. The lowest BCUT2D eigenvalue weighted by Gasteiger charge is -2.16. The van der Waals surface area contributed by atoms with Gasteiger partial charge in [0, 0.05) is 17.4 Å². The monoisotopic (exact) mass is 327 g/mol. The Morgan fingerprint density at radius 2 is 2.00 bits per heavy atom. The number of carbonyl (C=O) groups is 2. The molecule has 0 saturated heterocycles. The van der Waals surface area contributed by atoms with E-state index in [0.717, 1.165) is 6.42 Å². The number of urea groups is 1. The van der Waals surface area contributed by atoms with Gasteiger partial charge in [-0.1, -0.05) is 19.1 Å². The average Bonchev–Trinajstić information content (AvgIpc) is 3.09. The molecule has 1 aromatic heterocycles. The predicted octanol–water partition coefficient (Wildman–Crippen LogP) is 4.01. The van der Waals surface area contributed by atoms with Gasteiger partial charge in [-0.05, 0) is 37.1 Å². The molecule has 1 atom stereocenters. The van der Waals surface area contributed by atoms with E-state index >= 15 is 0 Å². The second kappa shape index (κ2) is 8.57. The molecular formula is C18H21N3O3. The second-order valence-corrected chi connectivity index (χ2v) is 5.27. The van der Waals surface area contributed by atoms with Gasteiger partial charge in [0.15, 0.2) is 0 Å². The Hall–Kier alpha value is -3.02. The van der Waals surface area contributed by atoms with Crippen LogP contribution in [-0.4, -0.2) is 18.0 Å². The number of hydrogen-bond acceptors (Lipinski definition) is 3. The van der Waals surface area contributed by atoms with E-state index in [2.05, 4.69) is 22.5 Å². The van der Waals surface area contributed by atoms with Gasteiger partial charge in [-0.3, -0.25) is 4.79 Å². The number of furan rings is 1. The molecule has 1 aromatic carbocycles. The number of carbonyl (C=O) groups excluding carboxylic acids is 2. The molecule has 0 bridgehead atoms. The van der Waals surface area contributed by atoms with Crippen molar-refractivity contribution in [1.29, 1.82) is 0 Å². The smallest absolute Gasteiger partial charge is 0.319 e. The van der Waals surface area contributed by atoms with Gasteiger partial charge in [0.05, 0.1) is 11.8 Å². The van der Waals surface area contributed by atoms with Crippen molar-refractivity contribution in [2.24, 2.45) is 0 Å². The Balaban J connectivity index is 1.96. The fraction of sp³-hybridized carbons (Fsp3) is 0.222. The van der Waals surface area contributed by atoms with Crippen molar-refractivity contribution < 1.29 is 14.0 Å². The highest BCUT2D eigenvalue weighted by Gasteiger charge is 2.10. The third-order valence-corrected chi connectivity index (χ3v) is 3.44. The molecule has 0 spiro atoms. The Morgan fingerprint density at radius 3 is 2.62 bits per heavy atom. The molecule has 0 aliphatic rings. The van der Waals surface area contributed by atoms with Gasteiger partial charge in [-0.25, -0.2) is 4.79 Å². The summed E-state index contributed by atoms with van der Waals surface area (Å²) < 4.78 is 4.88. The molecule has 3 N–H and O–H groups in total. The number of hydrogen-bond donors (Lipinski definition) is 3. The van der Waals surface area contributed by atoms with Crippen molar-refractivity contribution in [3.05, 3.63) is 61.1 Å². The van der Waals surface area contributed by atoms with Gasteiger partial charge < -0.3 is 20.4 Å². The zero-order valence-corrected chi connectivity index (χ0v) is 13.5. The van der Waals surface area contributed by atoms with E-state index in [4.69, 9.17) is 4.42 Å². The lowest BCUT2D eigenvalue weighted by Crippen LogP contribution is -2.37. The highest BCUT2D eigenvalue weighted by molar-refractivity contribution is 6.04. The van der Waals surface area contributed by atoms with E-state index < -0.39 is 0 Å². The van der Waals surface area contributed by atoms with Crippen molar-refractivity contribution in [2.75, 3.05) is 10.6 Å². The zero-order chi connectivity index (χ0) is 17.4. The highest BCUT2D eigenvalue weighted by atomic mass is 16.3. The van der Waals surface area contributed by atoms with Crippen LogP contribution in [0.25, 0.3) is 0 Å². The van der Waals surface area contributed by atoms with Crippen LogP contribution in [0.4, 0.5) is 16.2 Å². The van der Waals surface area contributed by atoms with Crippen LogP contribution in [0.5, 0.6) is 0 Å². The van der Waals surface area contributed by atoms with Crippen molar-refractivity contribution in [2.45, 2.75) is 25.8 Å². The lowest BCUT2D eigenvalue weighted by atomic mass is 10.1. The largest absolute Gasteiger partial charge is 0.472 e. The van der Waals surface area contributed by atoms with Crippen LogP contribution >= 0.6 is 0 Å². The molecule has 0 aliphatic heterocycles. The summed E-state index contributed by atoms with van der Waals surface area (Å²) in [6.45, 7) is 5.68. The summed E-state index contributed by atoms with van der Waals surface area (Å²) in [5.41, 5.74) is 1.60. The second-order valence-electron chi connectivity index (χ2n) is 5.27. The van der Waals surface area contributed by atoms with Gasteiger partial charge in [-0.2, -0.15) is 0 Å². The molecule has 126 valence electrons. The van der Waals surface area contributed by atoms with E-state index in [1.165, 1.54) is 12.5 Å². The third-order valence-electron chi connectivity index (χ3n) is 3.44. The summed E-state index contributed by atoms with van der Waals surface area (Å²) in [7, 11) is 0. The van der Waals surface area contributed by atoms with Crippen LogP contribution < -0.4 is 16.0 Å². The summed E-state index contributed by atoms with van der Waals surface area (Å²) in [5, 5.41) is 8.38. The topological polar surface area (TPSA) is 83.4 Å². The van der Waals surface area contributed by atoms with Crippen LogP contribution in [0.1, 0.15) is 30.1 Å². The number of nitrogens with one attached hydrogen (secondary N) is 3. The lowest BCUT2D eigenvalue weighted by molar-refractivity contribution is 0.102. The summed E-state index contributed by atoms with van der Waals surface area (Å²) >= 11 is 0. The molecule has 2 aromatic rings. The Labute approximate surface area is 140 Å². The molecule has 1 heterocycles. The van der Waals surface area contributed by atoms with E-state index in [1.807, 2.05) is 6.92 Å². The fourth-order valence-electron chi connectivity index (χ4n) is 2.15. The molecule has 0 fully saturated rings. The minimum Gasteiger partial charge on any atom is -0.472 e. The third kappa shape index (κ3) is 5.01. The van der Waals surface area contributed by atoms with Crippen molar-refractivity contribution in [1.82, 2.24) is 5.32 Å². The number of benzene rings is 1. The van der Waals surface area contributed by atoms with Crippen molar-refractivity contribution >= 4 is 23.3 Å². The Kier molecular flexibility index (Phi) is 6.19. The van der Waals surface area contributed by atoms with Crippen LogP contribution in [-0.2, 0) is 0 Å². The predicted molar refractivity (Wildman–Crippen MR) is 94.2 cm³/mol. The van der Waals surface area contributed by atoms with E-state index in [1.54, 1.807) is 36.4 Å². The number of anilines is 2. The minimum absolute atomic E-state index is 0.0477. The molecule has 6 heteroatoms. The first kappa shape index (κ1) is 17.3. The summed E-state index contributed by atoms with van der Waals surface area (Å²) in [6, 6.07) is 8.27. The number of amides is 3. The average molecular weight is 327 g/mol. The summed E-state index contributed by atoms with van der Waals surface area (Å²) in [5.74, 6) is -0.276. The molecule has 0 aliphatic carbocycles. The maximum atomic E-state index is 12.0. The number of rotatable bonds is 7. The van der Waals surface area contributed by atoms with E-state index in [9.17, 15) is 9.59 Å². The molecule has 0 radical (unpaired) electrons. The Morgan fingerprint density at radius 1 is 1.25 bits per heavy atom. The van der Waals surface area contributed by atoms with Gasteiger partial charge >= 0.3 is 6.03 Å². The van der Waals surface area contributed by atoms with Gasteiger partial charge in [0.1, 0.15) is 6.26 Å². The highest BCUT2D eigenvalue weighted by Crippen LogP contribution is 2.16. The molecule has 6 nitrogen and oxygen atoms in total. The quantitative estimate of drug-likeness (QED) is 0.672. The Bertz CT molecular complexity index is 695. The van der Waals surface area contributed by atoms with Gasteiger partial charge in [0.2, 0.25) is 0 Å². The zero-order valence-electron chi connectivity index (χ0n) is 13.5. The standard InChI is InChI=1S/C18H21N3O3/c1-3-6-14(4-2)20-18(23)21-16-8-5-7-15(11-16)19-17(22)13-9-10-24-12-13/h3,5,7-12,14H,1,4,6H2,2H3,(H,19,22)(H2,20,21,23)/t14-/m1/s1. The molecule has 24 heavy (non-hydrogen) atoms. The molecular weight excluding hydrogens is 306 g/mol. The van der Waals surface area contributed by atoms with Crippen molar-refractivity contribution in [3.63, 3.8) is 0 Å². The molecule has 0 unspecified atom stereocenters. The first-order valence-electron chi connectivity index (χ1n) is 7.74. The first-order valence-corrected chi connectivity index (χ1v) is 7.74. The maximum Gasteiger partial charge on any atom is 0.319 e. The molecule has 3 amide bonds. The van der Waals surface area contributed by atoms with Gasteiger partial charge in [0.25, 0.3) is 5.91 Å². The summed E-state index contributed by atoms with van der Waals surface area (Å²) in [6.07, 6.45) is 6.12. The van der Waals surface area contributed by atoms with E-state index in [0.29, 0.717) is 23.4 Å². The fourth-order valence-corrected chi connectivity index (χ4v) is 2.15. The van der Waals surface area contributed by atoms with Crippen LogP contribution in [0.3, 0.4) is 0 Å². The SMILES string of the molecule is C=CC[C@@H](CC)NC(=O)Nc1cccc(NC(=O)c2ccoc2)c1.